The van der Waals surface area contributed by atoms with Crippen molar-refractivity contribution in [1.82, 2.24) is 24.6 Å². The molecule has 0 saturated heterocycles. The topological polar surface area (TPSA) is 79.6 Å². The van der Waals surface area contributed by atoms with E-state index in [1.807, 2.05) is 95.4 Å². The molecular weight excluding hydrogens is 539 g/mol. The number of hydrogen-bond donors (Lipinski definition) is 1. The molecule has 3 heterocycles. The maximum Gasteiger partial charge on any atom is 0.274 e. The molecule has 5 rings (SSSR count). The van der Waals surface area contributed by atoms with E-state index in [4.69, 9.17) is 4.98 Å². The third-order valence-corrected chi connectivity index (χ3v) is 8.54. The highest BCUT2D eigenvalue weighted by molar-refractivity contribution is 7.15. The molecule has 0 aliphatic heterocycles. The number of imidazole rings is 1. The van der Waals surface area contributed by atoms with Gasteiger partial charge in [0.2, 0.25) is 0 Å². The van der Waals surface area contributed by atoms with Crippen molar-refractivity contribution in [2.45, 2.75) is 46.7 Å². The zero-order valence-corrected chi connectivity index (χ0v) is 24.8. The van der Waals surface area contributed by atoms with Crippen molar-refractivity contribution in [3.63, 3.8) is 0 Å². The van der Waals surface area contributed by atoms with Crippen molar-refractivity contribution >= 4 is 39.4 Å². The molecule has 7 nitrogen and oxygen atoms in total. The Morgan fingerprint density at radius 3 is 2.40 bits per heavy atom. The van der Waals surface area contributed by atoms with Crippen LogP contribution in [-0.4, -0.2) is 43.7 Å². The first kappa shape index (κ1) is 27.7. The van der Waals surface area contributed by atoms with E-state index in [-0.39, 0.29) is 17.9 Å². The summed E-state index contributed by atoms with van der Waals surface area (Å²) < 4.78 is 1.82. The fraction of sp³-hybridized carbons (Fsp3) is 0.290. The van der Waals surface area contributed by atoms with Crippen LogP contribution in [0.15, 0.2) is 72.2 Å². The van der Waals surface area contributed by atoms with Crippen LogP contribution >= 0.6 is 22.7 Å². The van der Waals surface area contributed by atoms with Crippen molar-refractivity contribution in [1.29, 1.82) is 0 Å². The molecule has 1 N–H and O–H groups in total. The molecule has 9 heteroatoms. The number of rotatable bonds is 10. The van der Waals surface area contributed by atoms with Crippen molar-refractivity contribution in [2.24, 2.45) is 5.92 Å². The molecule has 0 aliphatic carbocycles. The minimum absolute atomic E-state index is 0.132. The van der Waals surface area contributed by atoms with E-state index in [9.17, 15) is 9.59 Å². The van der Waals surface area contributed by atoms with Gasteiger partial charge in [0, 0.05) is 24.7 Å². The van der Waals surface area contributed by atoms with E-state index in [2.05, 4.69) is 24.1 Å². The highest BCUT2D eigenvalue weighted by Crippen LogP contribution is 2.32. The van der Waals surface area contributed by atoms with Crippen LogP contribution in [-0.2, 0) is 6.54 Å². The fourth-order valence-corrected chi connectivity index (χ4v) is 6.64. The van der Waals surface area contributed by atoms with E-state index in [0.717, 1.165) is 32.4 Å². The lowest BCUT2D eigenvalue weighted by Crippen LogP contribution is -2.47. The van der Waals surface area contributed by atoms with Gasteiger partial charge in [-0.15, -0.1) is 22.7 Å². The highest BCUT2D eigenvalue weighted by atomic mass is 32.1. The van der Waals surface area contributed by atoms with Gasteiger partial charge >= 0.3 is 0 Å². The summed E-state index contributed by atoms with van der Waals surface area (Å²) in [6, 6.07) is 19.7. The number of carbonyl (C=O) groups is 2. The number of thiazole rings is 2. The maximum atomic E-state index is 14.4. The molecule has 206 valence electrons. The normalized spacial score (nSPS) is 12.1. The first-order chi connectivity index (χ1) is 19.3. The molecule has 1 unspecified atom stereocenters. The van der Waals surface area contributed by atoms with E-state index in [1.165, 1.54) is 22.7 Å². The van der Waals surface area contributed by atoms with Crippen LogP contribution in [0.2, 0.25) is 0 Å². The first-order valence-corrected chi connectivity index (χ1v) is 15.1. The number of nitrogens with one attached hydrogen (secondary N) is 1. The second-order valence-corrected chi connectivity index (χ2v) is 12.4. The van der Waals surface area contributed by atoms with Crippen LogP contribution in [0.1, 0.15) is 57.5 Å². The Bertz CT molecular complexity index is 1600. The molecule has 0 fully saturated rings. The Morgan fingerprint density at radius 1 is 1.00 bits per heavy atom. The van der Waals surface area contributed by atoms with Gasteiger partial charge in [-0.05, 0) is 37.3 Å². The number of benzene rings is 2. The quantitative estimate of drug-likeness (QED) is 0.204. The molecular formula is C31H33N5O2S2. The van der Waals surface area contributed by atoms with Crippen LogP contribution in [0.3, 0.4) is 0 Å². The number of hydrogen-bond acceptors (Lipinski definition) is 6. The van der Waals surface area contributed by atoms with Gasteiger partial charge in [0.15, 0.2) is 4.96 Å². The fourth-order valence-electron chi connectivity index (χ4n) is 4.97. The predicted octanol–water partition coefficient (Wildman–Crippen LogP) is 6.62. The van der Waals surface area contributed by atoms with Gasteiger partial charge < -0.3 is 10.2 Å². The van der Waals surface area contributed by atoms with Crippen molar-refractivity contribution < 1.29 is 9.59 Å². The highest BCUT2D eigenvalue weighted by Gasteiger charge is 2.31. The molecule has 2 aromatic carbocycles. The predicted molar refractivity (Wildman–Crippen MR) is 162 cm³/mol. The lowest BCUT2D eigenvalue weighted by atomic mass is 10.0. The number of aryl methyl sites for hydroxylation is 2. The van der Waals surface area contributed by atoms with Crippen LogP contribution in [0, 0.1) is 19.8 Å². The van der Waals surface area contributed by atoms with E-state index in [1.54, 1.807) is 0 Å². The smallest absolute Gasteiger partial charge is 0.274 e. The molecule has 0 spiro atoms. The first-order valence-electron chi connectivity index (χ1n) is 13.4. The summed E-state index contributed by atoms with van der Waals surface area (Å²) in [5, 5.41) is 5.89. The summed E-state index contributed by atoms with van der Waals surface area (Å²) in [6.45, 7) is 8.78. The van der Waals surface area contributed by atoms with E-state index in [0.29, 0.717) is 36.1 Å². The summed E-state index contributed by atoms with van der Waals surface area (Å²) in [5.41, 5.74) is 3.67. The third kappa shape index (κ3) is 6.00. The Hall–Kier alpha value is -3.82. The molecule has 2 amide bonds. The van der Waals surface area contributed by atoms with E-state index >= 15 is 0 Å². The minimum atomic E-state index is -0.242. The van der Waals surface area contributed by atoms with Crippen molar-refractivity contribution in [3.8, 4) is 10.4 Å². The largest absolute Gasteiger partial charge is 0.349 e. The van der Waals surface area contributed by atoms with Crippen molar-refractivity contribution in [2.75, 3.05) is 6.54 Å². The second-order valence-electron chi connectivity index (χ2n) is 10.3. The molecule has 0 saturated carbocycles. The molecule has 0 bridgehead atoms. The standard InChI is InChI=1S/C31H33N5O2S2/c1-20(2)17-25(18-32-29(37)27-21(3)33-31-35(27)15-16-39-31)36(19-23-11-7-5-8-12-23)30(38)26-28(40-22(4)34-26)24-13-9-6-10-14-24/h5-16,20,25H,17-19H2,1-4H3,(H,32,37). The molecule has 3 aromatic heterocycles. The van der Waals surface area contributed by atoms with Gasteiger partial charge in [-0.2, -0.15) is 0 Å². The number of aromatic nitrogens is 3. The lowest BCUT2D eigenvalue weighted by molar-refractivity contribution is 0.0619. The summed E-state index contributed by atoms with van der Waals surface area (Å²) in [6.07, 6.45) is 2.59. The minimum Gasteiger partial charge on any atom is -0.349 e. The molecule has 0 aliphatic rings. The average Bonchev–Trinajstić information content (AvgIpc) is 3.64. The number of nitrogens with zero attached hydrogens (tertiary/aromatic N) is 4. The average molecular weight is 572 g/mol. The van der Waals surface area contributed by atoms with Crippen LogP contribution in [0.5, 0.6) is 0 Å². The summed E-state index contributed by atoms with van der Waals surface area (Å²) in [7, 11) is 0. The van der Waals surface area contributed by atoms with Gasteiger partial charge in [0.25, 0.3) is 11.8 Å². The Labute approximate surface area is 242 Å². The monoisotopic (exact) mass is 571 g/mol. The zero-order chi connectivity index (χ0) is 28.2. The van der Waals surface area contributed by atoms with Gasteiger partial charge in [-0.1, -0.05) is 74.5 Å². The van der Waals surface area contributed by atoms with Gasteiger partial charge in [-0.25, -0.2) is 9.97 Å². The Kier molecular flexibility index (Phi) is 8.42. The Morgan fingerprint density at radius 2 is 1.70 bits per heavy atom. The molecule has 5 aromatic rings. The third-order valence-electron chi connectivity index (χ3n) is 6.76. The van der Waals surface area contributed by atoms with Gasteiger partial charge in [-0.3, -0.25) is 14.0 Å². The second kappa shape index (κ2) is 12.1. The SMILES string of the molecule is Cc1nc(C(=O)N(Cc2ccccc2)C(CNC(=O)c2c(C)nc3sccn23)CC(C)C)c(-c2ccccc2)s1. The molecule has 0 radical (unpaired) electrons. The summed E-state index contributed by atoms with van der Waals surface area (Å²) >= 11 is 3.02. The molecule has 1 atom stereocenters. The summed E-state index contributed by atoms with van der Waals surface area (Å²) in [5.74, 6) is -0.0227. The van der Waals surface area contributed by atoms with Crippen LogP contribution in [0.4, 0.5) is 0 Å². The number of fused-ring (bicyclic) bond motifs is 1. The summed E-state index contributed by atoms with van der Waals surface area (Å²) in [4.78, 5) is 40.6. The maximum absolute atomic E-state index is 14.4. The lowest BCUT2D eigenvalue weighted by Gasteiger charge is -2.33. The van der Waals surface area contributed by atoms with Crippen molar-refractivity contribution in [3.05, 3.63) is 99.9 Å². The van der Waals surface area contributed by atoms with Gasteiger partial charge in [0.05, 0.1) is 21.6 Å². The van der Waals surface area contributed by atoms with Crippen LogP contribution < -0.4 is 5.32 Å². The number of carbonyl (C=O) groups excluding carboxylic acids is 2. The van der Waals surface area contributed by atoms with Gasteiger partial charge in [0.1, 0.15) is 11.4 Å². The number of amides is 2. The zero-order valence-electron chi connectivity index (χ0n) is 23.1. The van der Waals surface area contributed by atoms with Crippen LogP contribution in [0.25, 0.3) is 15.4 Å². The van der Waals surface area contributed by atoms with E-state index < -0.39 is 0 Å². The molecule has 40 heavy (non-hydrogen) atoms. The Balaban J connectivity index is 1.48.